The van der Waals surface area contributed by atoms with Crippen LogP contribution in [0.25, 0.3) is 0 Å². The molecule has 0 aromatic heterocycles. The van der Waals surface area contributed by atoms with Crippen molar-refractivity contribution in [2.45, 2.75) is 104 Å². The Labute approximate surface area is 197 Å². The summed E-state index contributed by atoms with van der Waals surface area (Å²) in [4.78, 5) is 11.8. The molecule has 0 heterocycles. The Morgan fingerprint density at radius 3 is 2.58 bits per heavy atom. The normalized spacial score (nSPS) is 56.3. The average Bonchev–Trinajstić information content (AvgIpc) is 3.14. The van der Waals surface area contributed by atoms with E-state index in [4.69, 9.17) is 11.6 Å². The number of esters is 1. The first-order chi connectivity index (χ1) is 16.9. The van der Waals surface area contributed by atoms with Crippen LogP contribution < -0.4 is 0 Å². The minimum atomic E-state index is -3.00. The number of aliphatic hydroxyl groups excluding tert-OH is 1. The van der Waals surface area contributed by atoms with Gasteiger partial charge in [0.2, 0.25) is 0 Å². The molecule has 4 rings (SSSR count). The molecule has 4 nitrogen and oxygen atoms in total. The fourth-order valence-corrected chi connectivity index (χ4v) is 8.82. The van der Waals surface area contributed by atoms with Gasteiger partial charge in [0.05, 0.1) is 20.7 Å². The summed E-state index contributed by atoms with van der Waals surface area (Å²) in [5, 5.41) is 22.7. The van der Waals surface area contributed by atoms with Gasteiger partial charge in [-0.1, -0.05) is 34.0 Å². The van der Waals surface area contributed by atoms with Gasteiger partial charge < -0.3 is 14.9 Å². The van der Waals surface area contributed by atoms with Crippen molar-refractivity contribution in [2.24, 2.45) is 52.3 Å². The number of rotatable bonds is 5. The van der Waals surface area contributed by atoms with Crippen molar-refractivity contribution in [3.8, 4) is 0 Å². The van der Waals surface area contributed by atoms with Crippen molar-refractivity contribution in [3.63, 3.8) is 0 Å². The molecule has 4 fully saturated rings. The van der Waals surface area contributed by atoms with Crippen molar-refractivity contribution < 1.29 is 28.0 Å². The molecule has 4 aliphatic carbocycles. The molecule has 0 radical (unpaired) electrons. The van der Waals surface area contributed by atoms with Crippen molar-refractivity contribution in [1.82, 2.24) is 0 Å². The van der Waals surface area contributed by atoms with Gasteiger partial charge in [-0.3, -0.25) is 4.79 Å². The molecule has 0 aromatic rings. The highest BCUT2D eigenvalue weighted by Gasteiger charge is 2.64. The van der Waals surface area contributed by atoms with Gasteiger partial charge in [0.1, 0.15) is 0 Å². The zero-order valence-corrected chi connectivity index (χ0v) is 19.7. The molecule has 11 atom stereocenters. The lowest BCUT2D eigenvalue weighted by Gasteiger charge is -2.64. The third-order valence-corrected chi connectivity index (χ3v) is 10.5. The Kier molecular flexibility index (Phi) is 4.71. The summed E-state index contributed by atoms with van der Waals surface area (Å²) in [5.41, 5.74) is -0.628. The molecule has 0 aromatic carbocycles. The second-order valence-electron chi connectivity index (χ2n) is 11.6. The first kappa shape index (κ1) is 16.9. The number of hydrogen-bond donors (Lipinski definition) is 2. The summed E-state index contributed by atoms with van der Waals surface area (Å²) in [6.07, 6.45) is 0.242. The predicted molar refractivity (Wildman–Crippen MR) is 122 cm³/mol. The number of hydrogen-bond acceptors (Lipinski definition) is 4. The molecular formula is C27H46O4. The quantitative estimate of drug-likeness (QED) is 0.577. The van der Waals surface area contributed by atoms with Gasteiger partial charge >= 0.3 is 5.97 Å². The average molecular weight is 441 g/mol. The Morgan fingerprint density at radius 1 is 1.16 bits per heavy atom. The van der Waals surface area contributed by atoms with Crippen LogP contribution in [0, 0.1) is 52.3 Å². The maximum Gasteiger partial charge on any atom is 0.305 e. The molecule has 4 saturated carbocycles. The fourth-order valence-electron chi connectivity index (χ4n) is 8.82. The van der Waals surface area contributed by atoms with Gasteiger partial charge in [-0.25, -0.2) is 0 Å². The lowest BCUT2D eigenvalue weighted by Crippen LogP contribution is -2.62. The fraction of sp³-hybridized carbons (Fsp3) is 0.963. The zero-order valence-electron chi connectivity index (χ0n) is 25.7. The maximum atomic E-state index is 12.1. The standard InChI is InChI=1S/C27H46O4/c1-6-18-22-15-17(28)11-13-27(22,4)21-12-14-26(3)19(16(2)7-10-23(29)31-5)8-9-20(26)24(21)25(18)30/h16-22,24-25,28,30H,6-15H2,1-5H3/t16-,17-,18-,19-,20+,21+,22+,24+,25-,26-,27-/m1/s1/i1D3,6D2,25D. The third-order valence-electron chi connectivity index (χ3n) is 10.5. The molecule has 31 heavy (non-hydrogen) atoms. The van der Waals surface area contributed by atoms with Crippen LogP contribution in [0.15, 0.2) is 0 Å². The predicted octanol–water partition coefficient (Wildman–Crippen LogP) is 5.20. The van der Waals surface area contributed by atoms with E-state index in [1.165, 1.54) is 7.11 Å². The van der Waals surface area contributed by atoms with Gasteiger partial charge in [-0.05, 0) is 104 Å². The molecule has 0 amide bonds. The SMILES string of the molecule is [2H]C([2H])([2H])C([2H])([2H])[C@@H]1[C@@H]2C[C@H](O)CC[C@]2(C)[C@H]2CC[C@]3(C)[C@@H]([C@H](C)CCC(=O)OC)CC[C@H]3[C@@H]2[C@]1([2H])O. The van der Waals surface area contributed by atoms with Crippen LogP contribution in [0.3, 0.4) is 0 Å². The van der Waals surface area contributed by atoms with E-state index < -0.39 is 48.6 Å². The van der Waals surface area contributed by atoms with Gasteiger partial charge in [0.25, 0.3) is 0 Å². The van der Waals surface area contributed by atoms with Crippen LogP contribution in [-0.4, -0.2) is 35.5 Å². The summed E-state index contributed by atoms with van der Waals surface area (Å²) < 4.78 is 55.9. The van der Waals surface area contributed by atoms with Gasteiger partial charge in [-0.2, -0.15) is 0 Å². The number of fused-ring (bicyclic) bond motifs is 5. The Balaban J connectivity index is 1.75. The van der Waals surface area contributed by atoms with E-state index in [9.17, 15) is 16.4 Å². The van der Waals surface area contributed by atoms with E-state index in [1.807, 2.05) is 0 Å². The molecule has 0 bridgehead atoms. The molecule has 0 aliphatic heterocycles. The van der Waals surface area contributed by atoms with Crippen LogP contribution in [0.4, 0.5) is 0 Å². The van der Waals surface area contributed by atoms with Crippen molar-refractivity contribution >= 4 is 5.97 Å². The van der Waals surface area contributed by atoms with Gasteiger partial charge in [-0.15, -0.1) is 0 Å². The third kappa shape index (κ3) is 3.68. The van der Waals surface area contributed by atoms with Crippen LogP contribution >= 0.6 is 0 Å². The largest absolute Gasteiger partial charge is 0.469 e. The number of ether oxygens (including phenoxy) is 1. The van der Waals surface area contributed by atoms with Crippen LogP contribution in [-0.2, 0) is 9.53 Å². The monoisotopic (exact) mass is 440 g/mol. The highest BCUT2D eigenvalue weighted by atomic mass is 16.5. The number of carbonyl (C=O) groups is 1. The summed E-state index contributed by atoms with van der Waals surface area (Å²) in [5.74, 6) is -2.28. The topological polar surface area (TPSA) is 66.8 Å². The highest BCUT2D eigenvalue weighted by molar-refractivity contribution is 5.69. The maximum absolute atomic E-state index is 12.1. The molecule has 0 spiro atoms. The highest BCUT2D eigenvalue weighted by Crippen LogP contribution is 2.69. The van der Waals surface area contributed by atoms with E-state index in [-0.39, 0.29) is 35.6 Å². The second kappa shape index (κ2) is 8.63. The first-order valence-corrected chi connectivity index (χ1v) is 12.4. The van der Waals surface area contributed by atoms with Crippen molar-refractivity contribution in [3.05, 3.63) is 0 Å². The van der Waals surface area contributed by atoms with E-state index in [1.54, 1.807) is 0 Å². The van der Waals surface area contributed by atoms with Crippen LogP contribution in [0.5, 0.6) is 0 Å². The molecular weight excluding hydrogens is 388 g/mol. The Bertz CT molecular complexity index is 877. The lowest BCUT2D eigenvalue weighted by molar-refractivity contribution is -0.203. The van der Waals surface area contributed by atoms with E-state index in [0.29, 0.717) is 31.6 Å². The molecule has 0 saturated heterocycles. The Hall–Kier alpha value is -0.610. The molecule has 2 N–H and O–H groups in total. The zero-order chi connectivity index (χ0) is 27.8. The summed E-state index contributed by atoms with van der Waals surface area (Å²) in [6, 6.07) is 0. The molecule has 178 valence electrons. The van der Waals surface area contributed by atoms with Crippen LogP contribution in [0.1, 0.15) is 100 Å². The smallest absolute Gasteiger partial charge is 0.305 e. The number of carbonyl (C=O) groups excluding carboxylic acids is 1. The minimum absolute atomic E-state index is 0.0288. The molecule has 0 unspecified atom stereocenters. The number of methoxy groups -OCH3 is 1. The summed E-state index contributed by atoms with van der Waals surface area (Å²) in [7, 11) is 1.39. The first-order valence-electron chi connectivity index (χ1n) is 15.4. The second-order valence-corrected chi connectivity index (χ2v) is 11.6. The van der Waals surface area contributed by atoms with Crippen molar-refractivity contribution in [2.75, 3.05) is 7.11 Å². The minimum Gasteiger partial charge on any atom is -0.469 e. The summed E-state index contributed by atoms with van der Waals surface area (Å²) >= 11 is 0. The van der Waals surface area contributed by atoms with E-state index in [2.05, 4.69) is 20.8 Å². The molecule has 4 heteroatoms. The summed E-state index contributed by atoms with van der Waals surface area (Å²) in [6.45, 7) is 3.51. The van der Waals surface area contributed by atoms with Gasteiger partial charge in [0, 0.05) is 13.3 Å². The molecule has 4 aliphatic rings. The van der Waals surface area contributed by atoms with E-state index >= 15 is 0 Å². The van der Waals surface area contributed by atoms with Gasteiger partial charge in [0.15, 0.2) is 0 Å². The van der Waals surface area contributed by atoms with Crippen LogP contribution in [0.2, 0.25) is 0 Å². The Morgan fingerprint density at radius 2 is 1.87 bits per heavy atom. The lowest BCUT2D eigenvalue weighted by atomic mass is 9.41. The van der Waals surface area contributed by atoms with Crippen molar-refractivity contribution in [1.29, 1.82) is 0 Å². The number of aliphatic hydroxyl groups is 2. The van der Waals surface area contributed by atoms with E-state index in [0.717, 1.165) is 25.7 Å².